The van der Waals surface area contributed by atoms with Gasteiger partial charge in [0.15, 0.2) is 0 Å². The maximum atomic E-state index is 9.50. The van der Waals surface area contributed by atoms with Gasteiger partial charge in [-0.25, -0.2) is 4.98 Å². The Morgan fingerprint density at radius 1 is 1.04 bits per heavy atom. The number of nitrogens with zero attached hydrogens (tertiary/aromatic N) is 3. The van der Waals surface area contributed by atoms with E-state index in [0.717, 1.165) is 41.5 Å². The molecular formula is C22H17N3. The highest BCUT2D eigenvalue weighted by Gasteiger charge is 2.21. The second-order valence-electron chi connectivity index (χ2n) is 6.80. The fourth-order valence-electron chi connectivity index (χ4n) is 4.08. The van der Waals surface area contributed by atoms with Gasteiger partial charge in [-0.05, 0) is 31.4 Å². The Labute approximate surface area is 146 Å². The zero-order chi connectivity index (χ0) is 17.0. The molecule has 3 nitrogen and oxygen atoms in total. The van der Waals surface area contributed by atoms with Gasteiger partial charge in [0.05, 0.1) is 16.7 Å². The van der Waals surface area contributed by atoms with Crippen molar-refractivity contribution < 1.29 is 0 Å². The summed E-state index contributed by atoms with van der Waals surface area (Å²) in [7, 11) is 0. The summed E-state index contributed by atoms with van der Waals surface area (Å²) in [5, 5.41) is 11.9. The molecule has 3 heteroatoms. The normalized spacial score (nSPS) is 13.3. The summed E-state index contributed by atoms with van der Waals surface area (Å²) in [5.74, 6) is 0. The monoisotopic (exact) mass is 323 g/mol. The first-order valence-electron chi connectivity index (χ1n) is 8.68. The molecule has 4 aromatic rings. The van der Waals surface area contributed by atoms with Gasteiger partial charge in [-0.1, -0.05) is 48.0 Å². The molecule has 1 aliphatic heterocycles. The van der Waals surface area contributed by atoms with E-state index in [1.807, 2.05) is 6.07 Å². The summed E-state index contributed by atoms with van der Waals surface area (Å²) in [6, 6.07) is 19.1. The molecule has 0 bridgehead atoms. The van der Waals surface area contributed by atoms with Gasteiger partial charge in [-0.2, -0.15) is 5.26 Å². The predicted octanol–water partition coefficient (Wildman–Crippen LogP) is 4.98. The van der Waals surface area contributed by atoms with Crippen LogP contribution in [-0.4, -0.2) is 9.55 Å². The fraction of sp³-hybridized carbons (Fsp3) is 0.182. The number of nitriles is 1. The lowest BCUT2D eigenvalue weighted by atomic mass is 10.0. The zero-order valence-corrected chi connectivity index (χ0v) is 14.1. The van der Waals surface area contributed by atoms with E-state index in [-0.39, 0.29) is 0 Å². The van der Waals surface area contributed by atoms with Crippen LogP contribution in [0.25, 0.3) is 33.1 Å². The number of pyridine rings is 1. The molecule has 0 saturated carbocycles. The Morgan fingerprint density at radius 3 is 2.68 bits per heavy atom. The maximum absolute atomic E-state index is 9.50. The summed E-state index contributed by atoms with van der Waals surface area (Å²) in [6.07, 6.45) is 2.26. The van der Waals surface area contributed by atoms with Gasteiger partial charge in [0.1, 0.15) is 11.8 Å². The molecule has 2 aromatic heterocycles. The summed E-state index contributed by atoms with van der Waals surface area (Å²) in [6.45, 7) is 3.09. The molecule has 1 aliphatic rings. The van der Waals surface area contributed by atoms with Crippen molar-refractivity contribution in [3.63, 3.8) is 0 Å². The Kier molecular flexibility index (Phi) is 2.96. The van der Waals surface area contributed by atoms with Crippen molar-refractivity contribution in [2.24, 2.45) is 0 Å². The Bertz CT molecular complexity index is 1170. The van der Waals surface area contributed by atoms with Crippen LogP contribution in [0.2, 0.25) is 0 Å². The molecule has 0 atom stereocenters. The van der Waals surface area contributed by atoms with Gasteiger partial charge in [0.25, 0.3) is 0 Å². The van der Waals surface area contributed by atoms with E-state index in [1.54, 1.807) is 0 Å². The van der Waals surface area contributed by atoms with E-state index in [0.29, 0.717) is 5.69 Å². The number of hydrogen-bond acceptors (Lipinski definition) is 2. The average Bonchev–Trinajstić information content (AvgIpc) is 2.98. The van der Waals surface area contributed by atoms with Gasteiger partial charge in [0.2, 0.25) is 0 Å². The SMILES string of the molecule is Cc1ccc(-c2nc(C#N)cc3c4cccc5c4n(c23)CCC5)cc1. The van der Waals surface area contributed by atoms with Crippen LogP contribution in [-0.2, 0) is 13.0 Å². The van der Waals surface area contributed by atoms with E-state index in [1.165, 1.54) is 22.0 Å². The summed E-state index contributed by atoms with van der Waals surface area (Å²) >= 11 is 0. The molecule has 5 rings (SSSR count). The van der Waals surface area contributed by atoms with Crippen LogP contribution >= 0.6 is 0 Å². The zero-order valence-electron chi connectivity index (χ0n) is 14.1. The van der Waals surface area contributed by atoms with Gasteiger partial charge >= 0.3 is 0 Å². The smallest absolute Gasteiger partial charge is 0.141 e. The molecule has 0 aliphatic carbocycles. The predicted molar refractivity (Wildman–Crippen MR) is 100 cm³/mol. The molecule has 0 unspecified atom stereocenters. The van der Waals surface area contributed by atoms with E-state index in [9.17, 15) is 5.26 Å². The first-order valence-corrected chi connectivity index (χ1v) is 8.68. The van der Waals surface area contributed by atoms with Crippen LogP contribution in [0.1, 0.15) is 23.2 Å². The first-order chi connectivity index (χ1) is 12.3. The second-order valence-corrected chi connectivity index (χ2v) is 6.80. The van der Waals surface area contributed by atoms with E-state index >= 15 is 0 Å². The van der Waals surface area contributed by atoms with Crippen LogP contribution < -0.4 is 0 Å². The standard InChI is InChI=1S/C22H17N3/c1-14-7-9-15(10-8-14)20-22-19(12-17(13-23)24-20)18-6-2-4-16-5-3-11-25(22)21(16)18/h2,4,6-10,12H,3,5,11H2,1H3. The van der Waals surface area contributed by atoms with E-state index in [4.69, 9.17) is 4.98 Å². The summed E-state index contributed by atoms with van der Waals surface area (Å²) in [4.78, 5) is 4.69. The van der Waals surface area contributed by atoms with Crippen LogP contribution in [0.5, 0.6) is 0 Å². The highest BCUT2D eigenvalue weighted by atomic mass is 15.0. The van der Waals surface area contributed by atoms with Gasteiger partial charge in [-0.15, -0.1) is 0 Å². The molecule has 2 aromatic carbocycles. The number of fused-ring (bicyclic) bond motifs is 3. The third-order valence-electron chi connectivity index (χ3n) is 5.21. The van der Waals surface area contributed by atoms with Crippen molar-refractivity contribution in [2.75, 3.05) is 0 Å². The van der Waals surface area contributed by atoms with Crippen molar-refractivity contribution >= 4 is 21.8 Å². The van der Waals surface area contributed by atoms with Crippen molar-refractivity contribution in [2.45, 2.75) is 26.3 Å². The van der Waals surface area contributed by atoms with Gasteiger partial charge in [-0.3, -0.25) is 0 Å². The largest absolute Gasteiger partial charge is 0.338 e. The van der Waals surface area contributed by atoms with Gasteiger partial charge in [0, 0.05) is 22.9 Å². The van der Waals surface area contributed by atoms with Crippen molar-refractivity contribution in [1.29, 1.82) is 5.26 Å². The minimum absolute atomic E-state index is 0.478. The maximum Gasteiger partial charge on any atom is 0.141 e. The molecule has 25 heavy (non-hydrogen) atoms. The third-order valence-corrected chi connectivity index (χ3v) is 5.21. The van der Waals surface area contributed by atoms with Gasteiger partial charge < -0.3 is 4.57 Å². The number of aromatic nitrogens is 2. The highest BCUT2D eigenvalue weighted by molar-refractivity contribution is 6.13. The average molecular weight is 323 g/mol. The Hall–Kier alpha value is -3.12. The topological polar surface area (TPSA) is 41.6 Å². The highest BCUT2D eigenvalue weighted by Crippen LogP contribution is 2.38. The fourth-order valence-corrected chi connectivity index (χ4v) is 4.08. The molecule has 0 radical (unpaired) electrons. The Morgan fingerprint density at radius 2 is 1.88 bits per heavy atom. The minimum Gasteiger partial charge on any atom is -0.338 e. The third kappa shape index (κ3) is 2.01. The molecule has 0 fully saturated rings. The van der Waals surface area contributed by atoms with Crippen LogP contribution in [0.3, 0.4) is 0 Å². The lowest BCUT2D eigenvalue weighted by molar-refractivity contribution is 0.651. The van der Waals surface area contributed by atoms with Crippen LogP contribution in [0, 0.1) is 18.3 Å². The van der Waals surface area contributed by atoms with E-state index < -0.39 is 0 Å². The molecule has 120 valence electrons. The molecular weight excluding hydrogens is 306 g/mol. The number of aryl methyl sites for hydroxylation is 3. The number of hydrogen-bond donors (Lipinski definition) is 0. The van der Waals surface area contributed by atoms with Crippen molar-refractivity contribution in [1.82, 2.24) is 9.55 Å². The molecule has 0 N–H and O–H groups in total. The van der Waals surface area contributed by atoms with Crippen LogP contribution in [0.4, 0.5) is 0 Å². The lowest BCUT2D eigenvalue weighted by Gasteiger charge is -2.17. The summed E-state index contributed by atoms with van der Waals surface area (Å²) < 4.78 is 2.41. The number of benzene rings is 2. The first kappa shape index (κ1) is 14.2. The molecule has 0 saturated heterocycles. The number of para-hydroxylation sites is 1. The van der Waals surface area contributed by atoms with Crippen molar-refractivity contribution in [3.05, 3.63) is 65.4 Å². The quantitative estimate of drug-likeness (QED) is 0.495. The minimum atomic E-state index is 0.478. The molecule has 0 spiro atoms. The van der Waals surface area contributed by atoms with Crippen LogP contribution in [0.15, 0.2) is 48.5 Å². The molecule has 3 heterocycles. The molecule has 0 amide bonds. The second kappa shape index (κ2) is 5.19. The lowest BCUT2D eigenvalue weighted by Crippen LogP contribution is -2.08. The number of rotatable bonds is 1. The summed E-state index contributed by atoms with van der Waals surface area (Å²) in [5.41, 5.74) is 7.55. The Balaban J connectivity index is 1.98. The van der Waals surface area contributed by atoms with Crippen molar-refractivity contribution in [3.8, 4) is 17.3 Å². The van der Waals surface area contributed by atoms with E-state index in [2.05, 4.69) is 60.0 Å².